The quantitative estimate of drug-likeness (QED) is 0.815. The molecule has 1 amide bonds. The number of nitrogens with one attached hydrogen (secondary N) is 1. The summed E-state index contributed by atoms with van der Waals surface area (Å²) in [6, 6.07) is 11.0. The Balaban J connectivity index is 2.34. The first-order valence-corrected chi connectivity index (χ1v) is 8.63. The molecule has 0 bridgehead atoms. The molecule has 2 rings (SSSR count). The van der Waals surface area contributed by atoms with Crippen molar-refractivity contribution in [3.63, 3.8) is 0 Å². The van der Waals surface area contributed by atoms with Gasteiger partial charge in [0.2, 0.25) is 0 Å². The van der Waals surface area contributed by atoms with Crippen LogP contribution in [0.5, 0.6) is 0 Å². The van der Waals surface area contributed by atoms with Crippen LogP contribution in [0.25, 0.3) is 0 Å². The second-order valence-electron chi connectivity index (χ2n) is 4.46. The molecule has 2 aromatic carbocycles. The number of para-hydroxylation sites is 1. The zero-order valence-corrected chi connectivity index (χ0v) is 13.5. The molecule has 7 heteroatoms. The maximum Gasteiger partial charge on any atom is 0.255 e. The van der Waals surface area contributed by atoms with Crippen molar-refractivity contribution in [2.45, 2.75) is 4.90 Å². The predicted molar refractivity (Wildman–Crippen MR) is 86.1 cm³/mol. The predicted octanol–water partition coefficient (Wildman–Crippen LogP) is 2.69. The summed E-state index contributed by atoms with van der Waals surface area (Å²) in [5.74, 6) is -0.426. The lowest BCUT2D eigenvalue weighted by molar-refractivity contribution is 0.102. The molecule has 0 aliphatic carbocycles. The Kier molecular flexibility index (Phi) is 4.34. The molecule has 0 heterocycles. The SMILES string of the molecule is CS(=O)(=O)c1ccccc1NC(=O)c1ccc(Br)c(N)c1. The standard InChI is InChI=1S/C14H13BrN2O3S/c1-21(19,20)13-5-3-2-4-12(13)17-14(18)9-6-7-10(15)11(16)8-9/h2-8H,16H2,1H3,(H,17,18). The van der Waals surface area contributed by atoms with E-state index in [9.17, 15) is 13.2 Å². The average Bonchev–Trinajstić information content (AvgIpc) is 2.41. The number of carbonyl (C=O) groups is 1. The van der Waals surface area contributed by atoms with Gasteiger partial charge in [-0.3, -0.25) is 4.79 Å². The van der Waals surface area contributed by atoms with Crippen molar-refractivity contribution in [1.82, 2.24) is 0 Å². The number of halogens is 1. The molecule has 0 fully saturated rings. The summed E-state index contributed by atoms with van der Waals surface area (Å²) in [5, 5.41) is 2.59. The fraction of sp³-hybridized carbons (Fsp3) is 0.0714. The van der Waals surface area contributed by atoms with Gasteiger partial charge in [-0.2, -0.15) is 0 Å². The summed E-state index contributed by atoms with van der Waals surface area (Å²) in [7, 11) is -3.42. The number of amides is 1. The minimum Gasteiger partial charge on any atom is -0.398 e. The normalized spacial score (nSPS) is 11.1. The topological polar surface area (TPSA) is 89.3 Å². The lowest BCUT2D eigenvalue weighted by Gasteiger charge is -2.10. The van der Waals surface area contributed by atoms with E-state index in [1.54, 1.807) is 24.3 Å². The van der Waals surface area contributed by atoms with Crippen LogP contribution in [0.15, 0.2) is 51.8 Å². The Bertz CT molecular complexity index is 804. The van der Waals surface area contributed by atoms with E-state index in [1.807, 2.05) is 0 Å². The number of carbonyl (C=O) groups excluding carboxylic acids is 1. The van der Waals surface area contributed by atoms with Gasteiger partial charge in [-0.25, -0.2) is 8.42 Å². The molecule has 2 aromatic rings. The summed E-state index contributed by atoms with van der Waals surface area (Å²) in [6.07, 6.45) is 1.09. The van der Waals surface area contributed by atoms with Crippen molar-refractivity contribution in [3.05, 3.63) is 52.5 Å². The van der Waals surface area contributed by atoms with Crippen LogP contribution in [0.2, 0.25) is 0 Å². The molecule has 0 saturated carbocycles. The van der Waals surface area contributed by atoms with Crippen LogP contribution in [-0.2, 0) is 9.84 Å². The number of hydrogen-bond acceptors (Lipinski definition) is 4. The number of hydrogen-bond donors (Lipinski definition) is 2. The van der Waals surface area contributed by atoms with Crippen molar-refractivity contribution < 1.29 is 13.2 Å². The number of nitrogen functional groups attached to an aromatic ring is 1. The Labute approximate surface area is 131 Å². The van der Waals surface area contributed by atoms with Gasteiger partial charge in [0.05, 0.1) is 10.6 Å². The van der Waals surface area contributed by atoms with E-state index in [0.717, 1.165) is 6.26 Å². The molecule has 0 saturated heterocycles. The molecule has 21 heavy (non-hydrogen) atoms. The number of nitrogens with two attached hydrogens (primary N) is 1. The molecular formula is C14H13BrN2O3S. The van der Waals surface area contributed by atoms with Crippen molar-refractivity contribution in [3.8, 4) is 0 Å². The van der Waals surface area contributed by atoms with E-state index in [-0.39, 0.29) is 10.6 Å². The molecule has 110 valence electrons. The highest BCUT2D eigenvalue weighted by atomic mass is 79.9. The largest absolute Gasteiger partial charge is 0.398 e. The maximum absolute atomic E-state index is 12.2. The van der Waals surface area contributed by atoms with Gasteiger partial charge in [-0.1, -0.05) is 12.1 Å². The second-order valence-corrected chi connectivity index (χ2v) is 7.30. The van der Waals surface area contributed by atoms with Crippen LogP contribution in [-0.4, -0.2) is 20.6 Å². The van der Waals surface area contributed by atoms with Gasteiger partial charge in [0, 0.05) is 22.0 Å². The molecule has 0 aliphatic heterocycles. The molecule has 0 aromatic heterocycles. The van der Waals surface area contributed by atoms with Gasteiger partial charge in [-0.05, 0) is 46.3 Å². The number of sulfone groups is 1. The summed E-state index contributed by atoms with van der Waals surface area (Å²) in [6.45, 7) is 0. The number of anilines is 2. The van der Waals surface area contributed by atoms with E-state index < -0.39 is 15.7 Å². The molecule has 3 N–H and O–H groups in total. The maximum atomic E-state index is 12.2. The summed E-state index contributed by atoms with van der Waals surface area (Å²) >= 11 is 3.25. The second kappa shape index (κ2) is 5.87. The van der Waals surface area contributed by atoms with E-state index in [1.165, 1.54) is 18.2 Å². The molecule has 5 nitrogen and oxygen atoms in total. The van der Waals surface area contributed by atoms with Crippen LogP contribution in [0.4, 0.5) is 11.4 Å². The van der Waals surface area contributed by atoms with E-state index >= 15 is 0 Å². The van der Waals surface area contributed by atoms with Gasteiger partial charge in [0.25, 0.3) is 5.91 Å². The minimum atomic E-state index is -3.42. The summed E-state index contributed by atoms with van der Waals surface area (Å²) in [5.41, 5.74) is 6.75. The lowest BCUT2D eigenvalue weighted by Crippen LogP contribution is -2.14. The lowest BCUT2D eigenvalue weighted by atomic mass is 10.2. The Morgan fingerprint density at radius 2 is 1.86 bits per heavy atom. The third kappa shape index (κ3) is 3.62. The highest BCUT2D eigenvalue weighted by molar-refractivity contribution is 9.10. The van der Waals surface area contributed by atoms with E-state index in [2.05, 4.69) is 21.2 Å². The fourth-order valence-corrected chi connectivity index (χ4v) is 2.86. The van der Waals surface area contributed by atoms with E-state index in [0.29, 0.717) is 15.7 Å². The molecule has 0 radical (unpaired) electrons. The van der Waals surface area contributed by atoms with Crippen molar-refractivity contribution >= 4 is 43.0 Å². The van der Waals surface area contributed by atoms with Gasteiger partial charge in [0.1, 0.15) is 0 Å². The smallest absolute Gasteiger partial charge is 0.255 e. The van der Waals surface area contributed by atoms with Crippen LogP contribution in [0.3, 0.4) is 0 Å². The van der Waals surface area contributed by atoms with Gasteiger partial charge < -0.3 is 11.1 Å². The fourth-order valence-electron chi connectivity index (χ4n) is 1.77. The zero-order valence-electron chi connectivity index (χ0n) is 11.1. The zero-order chi connectivity index (χ0) is 15.6. The molecule has 0 aliphatic rings. The van der Waals surface area contributed by atoms with Crippen molar-refractivity contribution in [1.29, 1.82) is 0 Å². The Morgan fingerprint density at radius 3 is 2.48 bits per heavy atom. The van der Waals surface area contributed by atoms with Crippen LogP contribution in [0.1, 0.15) is 10.4 Å². The minimum absolute atomic E-state index is 0.0726. The average molecular weight is 369 g/mol. The highest BCUT2D eigenvalue weighted by Gasteiger charge is 2.15. The van der Waals surface area contributed by atoms with E-state index in [4.69, 9.17) is 5.73 Å². The van der Waals surface area contributed by atoms with Crippen LogP contribution >= 0.6 is 15.9 Å². The van der Waals surface area contributed by atoms with Crippen LogP contribution in [0, 0.1) is 0 Å². The van der Waals surface area contributed by atoms with Gasteiger partial charge in [-0.15, -0.1) is 0 Å². The Hall–Kier alpha value is -1.86. The van der Waals surface area contributed by atoms with Crippen molar-refractivity contribution in [2.75, 3.05) is 17.3 Å². The van der Waals surface area contributed by atoms with Gasteiger partial charge in [0.15, 0.2) is 9.84 Å². The van der Waals surface area contributed by atoms with Crippen molar-refractivity contribution in [2.24, 2.45) is 0 Å². The molecular weight excluding hydrogens is 356 g/mol. The third-order valence-electron chi connectivity index (χ3n) is 2.79. The monoisotopic (exact) mass is 368 g/mol. The molecule has 0 unspecified atom stereocenters. The molecule has 0 spiro atoms. The summed E-state index contributed by atoms with van der Waals surface area (Å²) < 4.78 is 24.1. The first-order chi connectivity index (χ1) is 9.79. The van der Waals surface area contributed by atoms with Crippen LogP contribution < -0.4 is 11.1 Å². The number of benzene rings is 2. The molecule has 0 atom stereocenters. The summed E-state index contributed by atoms with van der Waals surface area (Å²) in [4.78, 5) is 12.3. The first-order valence-electron chi connectivity index (χ1n) is 5.94. The van der Waals surface area contributed by atoms with Gasteiger partial charge >= 0.3 is 0 Å². The Morgan fingerprint density at radius 1 is 1.19 bits per heavy atom. The highest BCUT2D eigenvalue weighted by Crippen LogP contribution is 2.23. The first kappa shape index (κ1) is 15.5. The third-order valence-corrected chi connectivity index (χ3v) is 4.67. The number of rotatable bonds is 3.